The summed E-state index contributed by atoms with van der Waals surface area (Å²) in [7, 11) is 0. The highest BCUT2D eigenvalue weighted by atomic mass is 15.2. The van der Waals surface area contributed by atoms with Crippen LogP contribution in [0.3, 0.4) is 0 Å². The lowest BCUT2D eigenvalue weighted by atomic mass is 9.91. The van der Waals surface area contributed by atoms with Crippen molar-refractivity contribution in [1.82, 2.24) is 19.4 Å². The van der Waals surface area contributed by atoms with Gasteiger partial charge in [-0.25, -0.2) is 4.98 Å². The molecule has 2 aliphatic rings. The van der Waals surface area contributed by atoms with E-state index < -0.39 is 0 Å². The molecule has 1 aromatic carbocycles. The van der Waals surface area contributed by atoms with Crippen molar-refractivity contribution in [2.24, 2.45) is 0 Å². The number of hydrogen-bond acceptors (Lipinski definition) is 4. The molecule has 130 valence electrons. The molecule has 0 radical (unpaired) electrons. The van der Waals surface area contributed by atoms with Crippen LogP contribution >= 0.6 is 0 Å². The fraction of sp³-hybridized carbons (Fsp3) is 0.381. The highest BCUT2D eigenvalue weighted by Gasteiger charge is 2.27. The molecule has 3 heterocycles. The van der Waals surface area contributed by atoms with Gasteiger partial charge in [-0.05, 0) is 36.6 Å². The first-order chi connectivity index (χ1) is 12.8. The Labute approximate surface area is 152 Å². The molecule has 5 nitrogen and oxygen atoms in total. The molecule has 1 aliphatic carbocycles. The first-order valence-electron chi connectivity index (χ1n) is 9.40. The van der Waals surface area contributed by atoms with Crippen LogP contribution < -0.4 is 0 Å². The lowest BCUT2D eigenvalue weighted by Gasteiger charge is -2.36. The molecule has 1 aliphatic heterocycles. The van der Waals surface area contributed by atoms with E-state index in [1.54, 1.807) is 6.20 Å². The van der Waals surface area contributed by atoms with Crippen molar-refractivity contribution in [3.8, 4) is 17.2 Å². The van der Waals surface area contributed by atoms with Gasteiger partial charge in [0.05, 0.1) is 16.6 Å². The van der Waals surface area contributed by atoms with E-state index in [1.807, 2.05) is 12.3 Å². The SMILES string of the molecule is N#Cc1cncc(-c2ccc3nc4n(c3c2)CCN(C2CCC2)CC4)c1. The van der Waals surface area contributed by atoms with Gasteiger partial charge in [0, 0.05) is 50.1 Å². The van der Waals surface area contributed by atoms with Crippen LogP contribution in [-0.2, 0) is 13.0 Å². The minimum absolute atomic E-state index is 0.589. The molecule has 5 rings (SSSR count). The summed E-state index contributed by atoms with van der Waals surface area (Å²) in [5.74, 6) is 1.20. The maximum atomic E-state index is 9.12. The third-order valence-electron chi connectivity index (χ3n) is 5.85. The van der Waals surface area contributed by atoms with Crippen molar-refractivity contribution < 1.29 is 0 Å². The normalized spacial score (nSPS) is 18.1. The molecule has 5 heteroatoms. The van der Waals surface area contributed by atoms with Crippen LogP contribution in [0, 0.1) is 11.3 Å². The number of rotatable bonds is 2. The number of nitrogens with zero attached hydrogens (tertiary/aromatic N) is 5. The average molecular weight is 343 g/mol. The predicted molar refractivity (Wildman–Crippen MR) is 101 cm³/mol. The van der Waals surface area contributed by atoms with E-state index in [9.17, 15) is 0 Å². The van der Waals surface area contributed by atoms with Crippen molar-refractivity contribution in [1.29, 1.82) is 5.26 Å². The maximum absolute atomic E-state index is 9.12. The highest BCUT2D eigenvalue weighted by Crippen LogP contribution is 2.29. The number of pyridine rings is 1. The Bertz CT molecular complexity index is 1010. The molecular formula is C21H21N5. The molecule has 0 amide bonds. The number of aromatic nitrogens is 3. The molecule has 0 spiro atoms. The largest absolute Gasteiger partial charge is 0.327 e. The summed E-state index contributed by atoms with van der Waals surface area (Å²) in [6, 6.07) is 11.2. The second-order valence-corrected chi connectivity index (χ2v) is 7.33. The number of benzene rings is 1. The second kappa shape index (κ2) is 6.22. The Morgan fingerprint density at radius 2 is 1.96 bits per heavy atom. The molecule has 2 aromatic heterocycles. The van der Waals surface area contributed by atoms with Gasteiger partial charge in [0.2, 0.25) is 0 Å². The Balaban J connectivity index is 1.51. The molecule has 0 saturated heterocycles. The highest BCUT2D eigenvalue weighted by molar-refractivity contribution is 5.82. The fourth-order valence-corrected chi connectivity index (χ4v) is 4.15. The van der Waals surface area contributed by atoms with Crippen molar-refractivity contribution in [2.75, 3.05) is 13.1 Å². The quantitative estimate of drug-likeness (QED) is 0.716. The zero-order valence-electron chi connectivity index (χ0n) is 14.7. The molecule has 0 unspecified atom stereocenters. The summed E-state index contributed by atoms with van der Waals surface area (Å²) >= 11 is 0. The zero-order chi connectivity index (χ0) is 17.5. The van der Waals surface area contributed by atoms with E-state index in [-0.39, 0.29) is 0 Å². The monoisotopic (exact) mass is 343 g/mol. The van der Waals surface area contributed by atoms with Crippen LogP contribution in [0.5, 0.6) is 0 Å². The van der Waals surface area contributed by atoms with E-state index in [2.05, 4.69) is 38.7 Å². The minimum Gasteiger partial charge on any atom is -0.327 e. The van der Waals surface area contributed by atoms with Crippen molar-refractivity contribution in [3.05, 3.63) is 48.0 Å². The summed E-state index contributed by atoms with van der Waals surface area (Å²) < 4.78 is 2.39. The number of hydrogen-bond donors (Lipinski definition) is 0. The van der Waals surface area contributed by atoms with Crippen molar-refractivity contribution >= 4 is 11.0 Å². The summed E-state index contributed by atoms with van der Waals surface area (Å²) in [5.41, 5.74) is 4.91. The molecule has 26 heavy (non-hydrogen) atoms. The summed E-state index contributed by atoms with van der Waals surface area (Å²) in [4.78, 5) is 11.7. The van der Waals surface area contributed by atoms with E-state index in [4.69, 9.17) is 10.2 Å². The van der Waals surface area contributed by atoms with Crippen LogP contribution in [0.15, 0.2) is 36.7 Å². The zero-order valence-corrected chi connectivity index (χ0v) is 14.7. The maximum Gasteiger partial charge on any atom is 0.111 e. The Morgan fingerprint density at radius 3 is 2.77 bits per heavy atom. The minimum atomic E-state index is 0.589. The van der Waals surface area contributed by atoms with Gasteiger partial charge >= 0.3 is 0 Å². The molecule has 0 N–H and O–H groups in total. The molecule has 0 bridgehead atoms. The number of nitriles is 1. The van der Waals surface area contributed by atoms with Crippen LogP contribution in [0.4, 0.5) is 0 Å². The number of imidazole rings is 1. The van der Waals surface area contributed by atoms with Crippen LogP contribution in [0.2, 0.25) is 0 Å². The van der Waals surface area contributed by atoms with Gasteiger partial charge in [0.25, 0.3) is 0 Å². The van der Waals surface area contributed by atoms with Crippen molar-refractivity contribution in [2.45, 2.75) is 38.3 Å². The number of fused-ring (bicyclic) bond motifs is 3. The molecule has 1 fully saturated rings. The van der Waals surface area contributed by atoms with E-state index in [0.29, 0.717) is 5.56 Å². The van der Waals surface area contributed by atoms with Crippen LogP contribution in [0.1, 0.15) is 30.7 Å². The van der Waals surface area contributed by atoms with Crippen LogP contribution in [-0.4, -0.2) is 38.6 Å². The fourth-order valence-electron chi connectivity index (χ4n) is 4.15. The van der Waals surface area contributed by atoms with Crippen LogP contribution in [0.25, 0.3) is 22.2 Å². The molecule has 0 atom stereocenters. The third-order valence-corrected chi connectivity index (χ3v) is 5.85. The topological polar surface area (TPSA) is 57.7 Å². The lowest BCUT2D eigenvalue weighted by molar-refractivity contribution is 0.130. The first kappa shape index (κ1) is 15.5. The standard InChI is InChI=1S/C21H21N5/c22-12-15-10-17(14-23-13-15)16-4-5-19-20(11-16)26-9-8-25(18-2-1-3-18)7-6-21(26)24-19/h4-5,10-11,13-14,18H,1-3,6-9H2. The Hall–Kier alpha value is -2.71. The smallest absolute Gasteiger partial charge is 0.111 e. The van der Waals surface area contributed by atoms with E-state index in [0.717, 1.165) is 48.7 Å². The van der Waals surface area contributed by atoms with Crippen molar-refractivity contribution in [3.63, 3.8) is 0 Å². The average Bonchev–Trinajstić information content (AvgIpc) is 2.86. The van der Waals surface area contributed by atoms with Gasteiger partial charge < -0.3 is 4.57 Å². The predicted octanol–water partition coefficient (Wildman–Crippen LogP) is 3.38. The van der Waals surface area contributed by atoms with Gasteiger partial charge in [-0.1, -0.05) is 12.5 Å². The van der Waals surface area contributed by atoms with Gasteiger partial charge in [-0.3, -0.25) is 9.88 Å². The van der Waals surface area contributed by atoms with E-state index in [1.165, 1.54) is 30.6 Å². The Kier molecular flexibility index (Phi) is 3.72. The Morgan fingerprint density at radius 1 is 1.04 bits per heavy atom. The molecule has 1 saturated carbocycles. The summed E-state index contributed by atoms with van der Waals surface area (Å²) in [6.07, 6.45) is 8.53. The third kappa shape index (κ3) is 2.58. The second-order valence-electron chi connectivity index (χ2n) is 7.33. The van der Waals surface area contributed by atoms with Gasteiger partial charge in [0.1, 0.15) is 11.9 Å². The molecular weight excluding hydrogens is 322 g/mol. The molecule has 3 aromatic rings. The van der Waals surface area contributed by atoms with Gasteiger partial charge in [0.15, 0.2) is 0 Å². The van der Waals surface area contributed by atoms with Gasteiger partial charge in [-0.2, -0.15) is 5.26 Å². The first-order valence-corrected chi connectivity index (χ1v) is 9.40. The lowest BCUT2D eigenvalue weighted by Crippen LogP contribution is -2.41. The van der Waals surface area contributed by atoms with Gasteiger partial charge in [-0.15, -0.1) is 0 Å². The van der Waals surface area contributed by atoms with E-state index >= 15 is 0 Å². The summed E-state index contributed by atoms with van der Waals surface area (Å²) in [5, 5.41) is 9.12. The summed E-state index contributed by atoms with van der Waals surface area (Å²) in [6.45, 7) is 3.23.